The van der Waals surface area contributed by atoms with E-state index in [9.17, 15) is 0 Å². The second-order valence-electron chi connectivity index (χ2n) is 3.33. The summed E-state index contributed by atoms with van der Waals surface area (Å²) in [6, 6.07) is 0.999. The van der Waals surface area contributed by atoms with E-state index in [0.29, 0.717) is 0 Å². The van der Waals surface area contributed by atoms with E-state index in [4.69, 9.17) is 0 Å². The van der Waals surface area contributed by atoms with Crippen LogP contribution in [0.25, 0.3) is 0 Å². The Hall–Kier alpha value is -0.0400. The van der Waals surface area contributed by atoms with Crippen LogP contribution in [0, 0.1) is 0 Å². The highest BCUT2D eigenvalue weighted by molar-refractivity contribution is 4.83. The van der Waals surface area contributed by atoms with Gasteiger partial charge in [0.2, 0.25) is 0 Å². The molecule has 1 heterocycles. The molecule has 0 atom stereocenters. The van der Waals surface area contributed by atoms with Crippen LogP contribution in [0.5, 0.6) is 0 Å². The topological polar surface area (TPSA) is 3.01 Å². The molecule has 1 aliphatic heterocycles. The van der Waals surface area contributed by atoms with Crippen molar-refractivity contribution in [2.45, 2.75) is 38.1 Å². The molecule has 52 valence electrons. The first-order valence-corrected chi connectivity index (χ1v) is 4.21. The van der Waals surface area contributed by atoms with Crippen LogP contribution >= 0.6 is 0 Å². The van der Waals surface area contributed by atoms with E-state index < -0.39 is 0 Å². The second kappa shape index (κ2) is 2.30. The number of rotatable bonds is 1. The van der Waals surface area contributed by atoms with E-state index in [0.717, 1.165) is 6.04 Å². The monoisotopic (exact) mass is 125 g/mol. The Morgan fingerprint density at radius 2 is 1.56 bits per heavy atom. The van der Waals surface area contributed by atoms with Crippen LogP contribution in [0.2, 0.25) is 0 Å². The Morgan fingerprint density at radius 1 is 0.889 bits per heavy atom. The average molecular weight is 125 g/mol. The first-order chi connectivity index (χ1) is 4.47. The molecule has 0 bridgehead atoms. The van der Waals surface area contributed by atoms with Crippen LogP contribution in [-0.4, -0.2) is 24.0 Å². The van der Waals surface area contributed by atoms with Gasteiger partial charge in [-0.1, -0.05) is 19.3 Å². The molecule has 1 saturated heterocycles. The molecule has 0 unspecified atom stereocenters. The largest absolute Gasteiger partial charge is 0.298 e. The third kappa shape index (κ3) is 1.26. The Kier molecular flexibility index (Phi) is 1.46. The molecule has 1 aliphatic carbocycles. The summed E-state index contributed by atoms with van der Waals surface area (Å²) in [5.41, 5.74) is 0. The SMILES string of the molecule is C1CCC(N2CC2)CC1. The van der Waals surface area contributed by atoms with Crippen molar-refractivity contribution < 1.29 is 0 Å². The lowest BCUT2D eigenvalue weighted by Gasteiger charge is -2.22. The quantitative estimate of drug-likeness (QED) is 0.481. The molecule has 0 aromatic rings. The van der Waals surface area contributed by atoms with E-state index in [1.807, 2.05) is 0 Å². The Morgan fingerprint density at radius 3 is 2.11 bits per heavy atom. The van der Waals surface area contributed by atoms with Crippen molar-refractivity contribution in [3.8, 4) is 0 Å². The Labute approximate surface area is 57.0 Å². The fourth-order valence-electron chi connectivity index (χ4n) is 1.87. The molecular weight excluding hydrogens is 110 g/mol. The van der Waals surface area contributed by atoms with E-state index in [-0.39, 0.29) is 0 Å². The smallest absolute Gasteiger partial charge is 0.0113 e. The van der Waals surface area contributed by atoms with Crippen molar-refractivity contribution in [2.24, 2.45) is 0 Å². The van der Waals surface area contributed by atoms with E-state index in [2.05, 4.69) is 4.90 Å². The van der Waals surface area contributed by atoms with E-state index in [1.54, 1.807) is 0 Å². The van der Waals surface area contributed by atoms with Crippen LogP contribution in [0.15, 0.2) is 0 Å². The van der Waals surface area contributed by atoms with Gasteiger partial charge in [0.25, 0.3) is 0 Å². The van der Waals surface area contributed by atoms with Crippen molar-refractivity contribution in [3.63, 3.8) is 0 Å². The van der Waals surface area contributed by atoms with Crippen LogP contribution in [-0.2, 0) is 0 Å². The molecule has 0 amide bonds. The average Bonchev–Trinajstić information content (AvgIpc) is 2.71. The summed E-state index contributed by atoms with van der Waals surface area (Å²) in [7, 11) is 0. The molecule has 2 rings (SSSR count). The van der Waals surface area contributed by atoms with Crippen LogP contribution in [0.3, 0.4) is 0 Å². The van der Waals surface area contributed by atoms with Gasteiger partial charge in [-0.2, -0.15) is 0 Å². The van der Waals surface area contributed by atoms with Crippen molar-refractivity contribution in [1.29, 1.82) is 0 Å². The standard InChI is InChI=1S/C8H15N/c1-2-4-8(5-3-1)9-6-7-9/h8H,1-7H2. The maximum Gasteiger partial charge on any atom is 0.0113 e. The van der Waals surface area contributed by atoms with E-state index in [1.165, 1.54) is 45.2 Å². The van der Waals surface area contributed by atoms with Gasteiger partial charge < -0.3 is 0 Å². The zero-order chi connectivity index (χ0) is 6.10. The van der Waals surface area contributed by atoms with Crippen molar-refractivity contribution in [1.82, 2.24) is 4.90 Å². The first kappa shape index (κ1) is 5.72. The summed E-state index contributed by atoms with van der Waals surface area (Å²) in [4.78, 5) is 2.61. The molecule has 2 aliphatic rings. The second-order valence-corrected chi connectivity index (χ2v) is 3.33. The summed E-state index contributed by atoms with van der Waals surface area (Å²) in [6.07, 6.45) is 7.44. The van der Waals surface area contributed by atoms with Gasteiger partial charge in [0, 0.05) is 19.1 Å². The van der Waals surface area contributed by atoms with Crippen molar-refractivity contribution >= 4 is 0 Å². The predicted octanol–water partition coefficient (Wildman–Crippen LogP) is 1.63. The van der Waals surface area contributed by atoms with Gasteiger partial charge >= 0.3 is 0 Å². The minimum atomic E-state index is 0.999. The number of nitrogens with zero attached hydrogens (tertiary/aromatic N) is 1. The third-order valence-corrected chi connectivity index (χ3v) is 2.57. The van der Waals surface area contributed by atoms with Gasteiger partial charge in [0.05, 0.1) is 0 Å². The van der Waals surface area contributed by atoms with Gasteiger partial charge in [0.15, 0.2) is 0 Å². The number of hydrogen-bond donors (Lipinski definition) is 0. The summed E-state index contributed by atoms with van der Waals surface area (Å²) in [6.45, 7) is 2.79. The Balaban J connectivity index is 1.80. The van der Waals surface area contributed by atoms with Crippen molar-refractivity contribution in [3.05, 3.63) is 0 Å². The summed E-state index contributed by atoms with van der Waals surface area (Å²) in [5.74, 6) is 0. The first-order valence-electron chi connectivity index (χ1n) is 4.21. The summed E-state index contributed by atoms with van der Waals surface area (Å²) in [5, 5.41) is 0. The molecule has 1 saturated carbocycles. The van der Waals surface area contributed by atoms with Crippen molar-refractivity contribution in [2.75, 3.05) is 13.1 Å². The fourth-order valence-corrected chi connectivity index (χ4v) is 1.87. The molecule has 1 nitrogen and oxygen atoms in total. The molecule has 0 aromatic carbocycles. The molecule has 2 fully saturated rings. The van der Waals surface area contributed by atoms with Gasteiger partial charge in [-0.05, 0) is 12.8 Å². The lowest BCUT2D eigenvalue weighted by Crippen LogP contribution is -2.21. The highest BCUT2D eigenvalue weighted by Gasteiger charge is 2.27. The minimum absolute atomic E-state index is 0.999. The zero-order valence-corrected chi connectivity index (χ0v) is 5.97. The molecule has 1 heteroatoms. The maximum absolute atomic E-state index is 2.61. The van der Waals surface area contributed by atoms with Gasteiger partial charge in [-0.15, -0.1) is 0 Å². The van der Waals surface area contributed by atoms with E-state index >= 15 is 0 Å². The third-order valence-electron chi connectivity index (χ3n) is 2.57. The maximum atomic E-state index is 2.61. The molecule has 0 N–H and O–H groups in total. The predicted molar refractivity (Wildman–Crippen MR) is 38.4 cm³/mol. The lowest BCUT2D eigenvalue weighted by atomic mass is 9.96. The van der Waals surface area contributed by atoms with Crippen LogP contribution in [0.1, 0.15) is 32.1 Å². The number of hydrogen-bond acceptors (Lipinski definition) is 1. The molecule has 9 heavy (non-hydrogen) atoms. The highest BCUT2D eigenvalue weighted by Crippen LogP contribution is 2.25. The van der Waals surface area contributed by atoms with Gasteiger partial charge in [0.1, 0.15) is 0 Å². The molecule has 0 spiro atoms. The molecular formula is C8H15N. The lowest BCUT2D eigenvalue weighted by molar-refractivity contribution is 0.299. The van der Waals surface area contributed by atoms with Crippen LogP contribution in [0.4, 0.5) is 0 Å². The summed E-state index contributed by atoms with van der Waals surface area (Å²) < 4.78 is 0. The summed E-state index contributed by atoms with van der Waals surface area (Å²) >= 11 is 0. The minimum Gasteiger partial charge on any atom is -0.298 e. The Bertz CT molecular complexity index is 90.7. The molecule has 0 aromatic heterocycles. The molecule has 0 radical (unpaired) electrons. The highest BCUT2D eigenvalue weighted by atomic mass is 15.3. The van der Waals surface area contributed by atoms with Crippen LogP contribution < -0.4 is 0 Å². The zero-order valence-electron chi connectivity index (χ0n) is 5.97. The fraction of sp³-hybridized carbons (Fsp3) is 1.00. The normalized spacial score (nSPS) is 30.7. The van der Waals surface area contributed by atoms with Gasteiger partial charge in [-0.3, -0.25) is 4.90 Å². The van der Waals surface area contributed by atoms with Gasteiger partial charge in [-0.25, -0.2) is 0 Å².